The lowest BCUT2D eigenvalue weighted by Gasteiger charge is -2.24. The molecule has 0 aromatic heterocycles. The van der Waals surface area contributed by atoms with Gasteiger partial charge in [-0.3, -0.25) is 0 Å². The average Bonchev–Trinajstić information content (AvgIpc) is 2.46. The van der Waals surface area contributed by atoms with E-state index in [1.165, 1.54) is 11.1 Å². The fourth-order valence-corrected chi connectivity index (χ4v) is 2.40. The average molecular weight is 290 g/mol. The molecule has 20 heavy (non-hydrogen) atoms. The Morgan fingerprint density at radius 2 is 1.80 bits per heavy atom. The molecule has 0 aliphatic rings. The van der Waals surface area contributed by atoms with Crippen molar-refractivity contribution in [1.82, 2.24) is 0 Å². The van der Waals surface area contributed by atoms with E-state index >= 15 is 0 Å². The first-order chi connectivity index (χ1) is 9.63. The third-order valence-corrected chi connectivity index (χ3v) is 3.80. The number of benzene rings is 2. The van der Waals surface area contributed by atoms with Crippen LogP contribution in [0.3, 0.4) is 0 Å². The van der Waals surface area contributed by atoms with Gasteiger partial charge in [0.2, 0.25) is 0 Å². The van der Waals surface area contributed by atoms with Gasteiger partial charge in [0.15, 0.2) is 0 Å². The van der Waals surface area contributed by atoms with Crippen LogP contribution in [-0.4, -0.2) is 11.7 Å². The van der Waals surface area contributed by atoms with E-state index in [1.807, 2.05) is 18.2 Å². The van der Waals surface area contributed by atoms with E-state index in [0.29, 0.717) is 5.02 Å². The summed E-state index contributed by atoms with van der Waals surface area (Å²) in [6.45, 7) is 5.95. The summed E-state index contributed by atoms with van der Waals surface area (Å²) < 4.78 is 0. The normalized spacial score (nSPS) is 10.6. The van der Waals surface area contributed by atoms with E-state index in [-0.39, 0.29) is 6.61 Å². The zero-order chi connectivity index (χ0) is 14.5. The molecular formula is C17H20ClNO. The molecule has 0 heterocycles. The first-order valence-electron chi connectivity index (χ1n) is 6.83. The lowest BCUT2D eigenvalue weighted by atomic mass is 10.1. The van der Waals surface area contributed by atoms with Crippen molar-refractivity contribution in [3.8, 4) is 0 Å². The van der Waals surface area contributed by atoms with Gasteiger partial charge in [-0.05, 0) is 37.1 Å². The summed E-state index contributed by atoms with van der Waals surface area (Å²) in [4.78, 5) is 2.26. The zero-order valence-corrected chi connectivity index (χ0v) is 12.7. The molecule has 0 aliphatic carbocycles. The van der Waals surface area contributed by atoms with Gasteiger partial charge in [0.1, 0.15) is 0 Å². The van der Waals surface area contributed by atoms with E-state index in [1.54, 1.807) is 0 Å². The number of halogens is 1. The molecule has 2 aromatic carbocycles. The molecule has 0 saturated carbocycles. The van der Waals surface area contributed by atoms with Gasteiger partial charge in [-0.15, -0.1) is 0 Å². The van der Waals surface area contributed by atoms with Gasteiger partial charge in [-0.2, -0.15) is 0 Å². The van der Waals surface area contributed by atoms with Crippen LogP contribution in [0.15, 0.2) is 42.5 Å². The fourth-order valence-electron chi connectivity index (χ4n) is 2.16. The Labute approximate surface area is 125 Å². The second-order valence-electron chi connectivity index (χ2n) is 4.93. The van der Waals surface area contributed by atoms with Crippen molar-refractivity contribution >= 4 is 17.3 Å². The second kappa shape index (κ2) is 6.78. The van der Waals surface area contributed by atoms with Gasteiger partial charge in [0.25, 0.3) is 0 Å². The second-order valence-corrected chi connectivity index (χ2v) is 5.34. The minimum Gasteiger partial charge on any atom is -0.392 e. The van der Waals surface area contributed by atoms with Crippen molar-refractivity contribution in [2.75, 3.05) is 11.4 Å². The Kier molecular flexibility index (Phi) is 5.05. The minimum atomic E-state index is -0.0246. The topological polar surface area (TPSA) is 23.5 Å². The number of hydrogen-bond donors (Lipinski definition) is 1. The number of anilines is 1. The number of hydrogen-bond acceptors (Lipinski definition) is 2. The van der Waals surface area contributed by atoms with Crippen LogP contribution >= 0.6 is 11.6 Å². The molecule has 0 spiro atoms. The van der Waals surface area contributed by atoms with Crippen molar-refractivity contribution < 1.29 is 5.11 Å². The van der Waals surface area contributed by atoms with Crippen LogP contribution in [0.5, 0.6) is 0 Å². The van der Waals surface area contributed by atoms with Gasteiger partial charge in [0.05, 0.1) is 6.61 Å². The molecule has 0 saturated heterocycles. The van der Waals surface area contributed by atoms with Gasteiger partial charge in [-0.25, -0.2) is 0 Å². The molecule has 2 rings (SSSR count). The Hall–Kier alpha value is -1.51. The Balaban J connectivity index is 2.19. The molecule has 0 amide bonds. The molecule has 0 unspecified atom stereocenters. The highest BCUT2D eigenvalue weighted by atomic mass is 35.5. The molecule has 0 bridgehead atoms. The van der Waals surface area contributed by atoms with Crippen LogP contribution in [0, 0.1) is 6.92 Å². The van der Waals surface area contributed by atoms with E-state index in [9.17, 15) is 0 Å². The lowest BCUT2D eigenvalue weighted by molar-refractivity contribution is 0.282. The summed E-state index contributed by atoms with van der Waals surface area (Å²) in [5, 5.41) is 9.79. The molecule has 1 N–H and O–H groups in total. The Morgan fingerprint density at radius 3 is 2.35 bits per heavy atom. The molecule has 2 nitrogen and oxygen atoms in total. The van der Waals surface area contributed by atoms with Gasteiger partial charge < -0.3 is 10.0 Å². The van der Waals surface area contributed by atoms with E-state index < -0.39 is 0 Å². The summed E-state index contributed by atoms with van der Waals surface area (Å²) in [7, 11) is 0. The minimum absolute atomic E-state index is 0.0246. The predicted molar refractivity (Wildman–Crippen MR) is 85.3 cm³/mol. The van der Waals surface area contributed by atoms with Crippen LogP contribution in [-0.2, 0) is 13.2 Å². The first kappa shape index (κ1) is 14.9. The molecule has 3 heteroatoms. The smallest absolute Gasteiger partial charge is 0.0696 e. The fraction of sp³-hybridized carbons (Fsp3) is 0.294. The number of aryl methyl sites for hydroxylation is 1. The molecule has 0 radical (unpaired) electrons. The van der Waals surface area contributed by atoms with Gasteiger partial charge >= 0.3 is 0 Å². The molecule has 0 fully saturated rings. The van der Waals surface area contributed by atoms with Crippen molar-refractivity contribution in [3.05, 3.63) is 64.2 Å². The summed E-state index contributed by atoms with van der Waals surface area (Å²) in [6, 6.07) is 14.4. The highest BCUT2D eigenvalue weighted by molar-refractivity contribution is 6.31. The third kappa shape index (κ3) is 3.53. The third-order valence-electron chi connectivity index (χ3n) is 3.45. The van der Waals surface area contributed by atoms with Crippen molar-refractivity contribution in [1.29, 1.82) is 0 Å². The maximum atomic E-state index is 9.17. The summed E-state index contributed by atoms with van der Waals surface area (Å²) >= 11 is 6.17. The standard InChI is InChI=1S/C17H20ClNO/c1-3-19(11-14-6-4-13(2)5-7-14)16-9-8-15(12-20)17(18)10-16/h4-10,20H,3,11-12H2,1-2H3. The number of aliphatic hydroxyl groups excluding tert-OH is 1. The molecule has 0 aliphatic heterocycles. The Bertz CT molecular complexity index is 566. The molecule has 106 valence electrons. The van der Waals surface area contributed by atoms with E-state index in [0.717, 1.165) is 24.3 Å². The Morgan fingerprint density at radius 1 is 1.10 bits per heavy atom. The summed E-state index contributed by atoms with van der Waals surface area (Å²) in [6.07, 6.45) is 0. The van der Waals surface area contributed by atoms with Crippen LogP contribution in [0.4, 0.5) is 5.69 Å². The number of aliphatic hydroxyl groups is 1. The monoisotopic (exact) mass is 289 g/mol. The summed E-state index contributed by atoms with van der Waals surface area (Å²) in [5.74, 6) is 0. The quantitative estimate of drug-likeness (QED) is 0.893. The van der Waals surface area contributed by atoms with Gasteiger partial charge in [-0.1, -0.05) is 47.5 Å². The predicted octanol–water partition coefficient (Wildman–Crippen LogP) is 4.17. The summed E-state index contributed by atoms with van der Waals surface area (Å²) in [5.41, 5.74) is 4.39. The molecular weight excluding hydrogens is 270 g/mol. The highest BCUT2D eigenvalue weighted by Crippen LogP contribution is 2.25. The van der Waals surface area contributed by atoms with Crippen LogP contribution < -0.4 is 4.90 Å². The number of rotatable bonds is 5. The van der Waals surface area contributed by atoms with E-state index in [4.69, 9.17) is 16.7 Å². The maximum Gasteiger partial charge on any atom is 0.0696 e. The van der Waals surface area contributed by atoms with Crippen LogP contribution in [0.25, 0.3) is 0 Å². The number of nitrogens with zero attached hydrogens (tertiary/aromatic N) is 1. The lowest BCUT2D eigenvalue weighted by Crippen LogP contribution is -2.22. The molecule has 2 aromatic rings. The zero-order valence-electron chi connectivity index (χ0n) is 11.9. The van der Waals surface area contributed by atoms with Crippen molar-refractivity contribution in [2.45, 2.75) is 27.0 Å². The van der Waals surface area contributed by atoms with E-state index in [2.05, 4.69) is 43.0 Å². The maximum absolute atomic E-state index is 9.17. The highest BCUT2D eigenvalue weighted by Gasteiger charge is 2.08. The SMILES string of the molecule is CCN(Cc1ccc(C)cc1)c1ccc(CO)c(Cl)c1. The van der Waals surface area contributed by atoms with Crippen LogP contribution in [0.1, 0.15) is 23.6 Å². The van der Waals surface area contributed by atoms with Gasteiger partial charge in [0, 0.05) is 23.8 Å². The van der Waals surface area contributed by atoms with Crippen molar-refractivity contribution in [2.24, 2.45) is 0 Å². The largest absolute Gasteiger partial charge is 0.392 e. The van der Waals surface area contributed by atoms with Crippen LogP contribution in [0.2, 0.25) is 5.02 Å². The van der Waals surface area contributed by atoms with Crippen molar-refractivity contribution in [3.63, 3.8) is 0 Å². The first-order valence-corrected chi connectivity index (χ1v) is 7.21. The molecule has 0 atom stereocenters.